The maximum atomic E-state index is 8.63. The molecule has 308 valence electrons. The second-order valence-corrected chi connectivity index (χ2v) is 18.4. The molecule has 0 spiro atoms. The molecular formula is C48H20N12S6. The van der Waals surface area contributed by atoms with Crippen LogP contribution in [0, 0.1) is 90.6 Å². The molecule has 0 saturated carbocycles. The van der Waals surface area contributed by atoms with E-state index in [-0.39, 0.29) is 22.3 Å². The summed E-state index contributed by atoms with van der Waals surface area (Å²) >= 11 is 10.3. The molecule has 0 amide bonds. The summed E-state index contributed by atoms with van der Waals surface area (Å²) in [4.78, 5) is 23.9. The fourth-order valence-electron chi connectivity index (χ4n) is 5.69. The van der Waals surface area contributed by atoms with Crippen molar-refractivity contribution in [2.24, 2.45) is 0 Å². The summed E-state index contributed by atoms with van der Waals surface area (Å²) in [6.45, 7) is 0. The van der Waals surface area contributed by atoms with E-state index in [1.54, 1.807) is 118 Å². The van der Waals surface area contributed by atoms with Crippen LogP contribution in [0.3, 0.4) is 0 Å². The van der Waals surface area contributed by atoms with Gasteiger partial charge in [0.2, 0.25) is 0 Å². The van der Waals surface area contributed by atoms with Gasteiger partial charge in [-0.1, -0.05) is 120 Å². The largest absolute Gasteiger partial charge is 0.237 e. The molecule has 18 heteroatoms. The van der Waals surface area contributed by atoms with Crippen LogP contribution in [0.5, 0.6) is 0 Å². The molecule has 0 saturated heterocycles. The van der Waals surface area contributed by atoms with Crippen LogP contribution >= 0.6 is 69.7 Å². The van der Waals surface area contributed by atoms with Gasteiger partial charge in [0.05, 0.1) is 22.1 Å². The quantitative estimate of drug-likeness (QED) is 0.138. The van der Waals surface area contributed by atoms with Crippen LogP contribution in [0.4, 0.5) is 0 Å². The van der Waals surface area contributed by atoms with Crippen molar-refractivity contribution in [2.45, 2.75) is 39.7 Å². The molecule has 0 bridgehead atoms. The molecule has 66 heavy (non-hydrogen) atoms. The minimum Gasteiger partial charge on any atom is -0.237 e. The van der Waals surface area contributed by atoms with Crippen molar-refractivity contribution in [1.82, 2.24) is 19.9 Å². The standard InChI is InChI=1S/2C12H4N4.2C12H6N2S3/c2*13-5-11(6-14)9-1-2-10(4-3-9)12(7-15)8-16;2*1-2-4-8-7(3-1)13-11-12(14-8)17-10-6-15-5-9(10)16-11/h2*1-4H;2*1-6H. The topological polar surface area (TPSA) is 242 Å². The van der Waals surface area contributed by atoms with E-state index in [9.17, 15) is 0 Å². The van der Waals surface area contributed by atoms with Crippen LogP contribution in [-0.2, 0) is 0 Å². The molecule has 0 N–H and O–H groups in total. The molecule has 2 aliphatic heterocycles. The van der Waals surface area contributed by atoms with Crippen LogP contribution in [0.25, 0.3) is 44.4 Å². The monoisotopic (exact) mass is 956 g/mol. The average Bonchev–Trinajstić information content (AvgIpc) is 4.03. The highest BCUT2D eigenvalue weighted by molar-refractivity contribution is 8.05. The second kappa shape index (κ2) is 21.9. The molecule has 6 heterocycles. The van der Waals surface area contributed by atoms with Crippen LogP contribution in [-0.4, -0.2) is 19.9 Å². The first-order valence-corrected chi connectivity index (χ1v) is 23.8. The molecule has 0 unspecified atom stereocenters. The minimum absolute atomic E-state index is 0.00187. The third kappa shape index (κ3) is 10.6. The van der Waals surface area contributed by atoms with E-state index in [2.05, 4.69) is 41.5 Å². The number of nitrogens with zero attached hydrogens (tertiary/aromatic N) is 12. The van der Waals surface area contributed by atoms with Gasteiger partial charge in [-0.05, 0) is 24.3 Å². The van der Waals surface area contributed by atoms with Crippen molar-refractivity contribution >= 4 is 114 Å². The highest BCUT2D eigenvalue weighted by Crippen LogP contribution is 2.49. The highest BCUT2D eigenvalue weighted by atomic mass is 32.2. The zero-order chi connectivity index (χ0) is 46.4. The molecule has 8 aromatic rings. The Kier molecular flexibility index (Phi) is 15.2. The number of para-hydroxylation sites is 4. The molecular weight excluding hydrogens is 937 g/mol. The van der Waals surface area contributed by atoms with Crippen molar-refractivity contribution in [3.05, 3.63) is 139 Å². The predicted octanol–water partition coefficient (Wildman–Crippen LogP) is 8.78. The molecule has 0 atom stereocenters. The molecule has 4 aromatic heterocycles. The number of aromatic nitrogens is 4. The Hall–Kier alpha value is -8.24. The van der Waals surface area contributed by atoms with E-state index < -0.39 is 0 Å². The van der Waals surface area contributed by atoms with Gasteiger partial charge in [0.15, 0.2) is 0 Å². The normalized spacial score (nSPS) is 10.7. The first-order chi connectivity index (χ1) is 32.3. The first-order valence-electron chi connectivity index (χ1n) is 18.6. The van der Waals surface area contributed by atoms with E-state index in [1.165, 1.54) is 68.1 Å². The summed E-state index contributed by atoms with van der Waals surface area (Å²) in [7, 11) is 0. The van der Waals surface area contributed by atoms with Gasteiger partial charge in [-0.2, -0.15) is 42.1 Å². The summed E-state index contributed by atoms with van der Waals surface area (Å²) in [5, 5.41) is 83.8. The van der Waals surface area contributed by atoms with Gasteiger partial charge in [-0.25, -0.2) is 19.9 Å². The lowest BCUT2D eigenvalue weighted by Gasteiger charge is -2.13. The third-order valence-corrected chi connectivity index (χ3v) is 15.6. The van der Waals surface area contributed by atoms with Gasteiger partial charge in [0, 0.05) is 62.0 Å². The lowest BCUT2D eigenvalue weighted by molar-refractivity contribution is 0.956. The van der Waals surface area contributed by atoms with Gasteiger partial charge in [0.1, 0.15) is 91.0 Å². The van der Waals surface area contributed by atoms with Crippen molar-refractivity contribution < 1.29 is 0 Å². The molecule has 0 fully saturated rings. The Balaban J connectivity index is 0.000000131. The number of hydrogen-bond donors (Lipinski definition) is 0. The number of hydrogen-bond acceptors (Lipinski definition) is 18. The maximum Gasteiger partial charge on any atom is 0.136 e. The fraction of sp³-hybridized carbons (Fsp3) is 0. The zero-order valence-electron chi connectivity index (χ0n) is 33.4. The number of benzene rings is 4. The van der Waals surface area contributed by atoms with E-state index >= 15 is 0 Å². The van der Waals surface area contributed by atoms with Gasteiger partial charge in [0.25, 0.3) is 0 Å². The maximum absolute atomic E-state index is 8.63. The lowest BCUT2D eigenvalue weighted by atomic mass is 10.1. The number of rotatable bonds is 0. The Morgan fingerprint density at radius 1 is 0.303 bits per heavy atom. The van der Waals surface area contributed by atoms with Gasteiger partial charge in [-0.3, -0.25) is 0 Å². The Morgan fingerprint density at radius 2 is 0.500 bits per heavy atom. The van der Waals surface area contributed by atoms with Crippen molar-refractivity contribution in [1.29, 1.82) is 42.1 Å². The number of nitriles is 8. The number of fused-ring (bicyclic) bond motifs is 6. The van der Waals surface area contributed by atoms with Gasteiger partial charge in [-0.15, -0.1) is 22.7 Å². The first kappa shape index (κ1) is 45.8. The average molecular weight is 957 g/mol. The molecule has 2 aliphatic rings. The smallest absolute Gasteiger partial charge is 0.136 e. The van der Waals surface area contributed by atoms with E-state index in [4.69, 9.17) is 42.1 Å². The zero-order valence-corrected chi connectivity index (χ0v) is 38.3. The second-order valence-electron chi connectivity index (χ2n) is 12.8. The van der Waals surface area contributed by atoms with Crippen LogP contribution < -0.4 is 20.9 Å². The Labute approximate surface area is 400 Å². The Morgan fingerprint density at radius 3 is 0.682 bits per heavy atom. The predicted molar refractivity (Wildman–Crippen MR) is 254 cm³/mol. The molecule has 12 nitrogen and oxygen atoms in total. The number of thiophene rings is 2. The minimum atomic E-state index is 0.00187. The van der Waals surface area contributed by atoms with Crippen molar-refractivity contribution in [3.63, 3.8) is 0 Å². The van der Waals surface area contributed by atoms with Crippen molar-refractivity contribution in [3.8, 4) is 48.6 Å². The summed E-state index contributed by atoms with van der Waals surface area (Å²) in [5.74, 6) is 0. The van der Waals surface area contributed by atoms with Crippen molar-refractivity contribution in [2.75, 3.05) is 0 Å². The van der Waals surface area contributed by atoms with Crippen LogP contribution in [0.2, 0.25) is 0 Å². The van der Waals surface area contributed by atoms with E-state index in [0.29, 0.717) is 20.9 Å². The van der Waals surface area contributed by atoms with Gasteiger partial charge < -0.3 is 0 Å². The molecule has 0 radical (unpaired) electrons. The van der Waals surface area contributed by atoms with Gasteiger partial charge >= 0.3 is 0 Å². The van der Waals surface area contributed by atoms with Crippen LogP contribution in [0.1, 0.15) is 0 Å². The summed E-state index contributed by atoms with van der Waals surface area (Å²) in [5.41, 5.74) is 3.89. The van der Waals surface area contributed by atoms with Crippen LogP contribution in [0.15, 0.2) is 158 Å². The molecule has 10 rings (SSSR count). The molecule has 0 aliphatic carbocycles. The third-order valence-electron chi connectivity index (χ3n) is 8.85. The van der Waals surface area contributed by atoms with E-state index in [1.807, 2.05) is 48.5 Å². The lowest BCUT2D eigenvalue weighted by Crippen LogP contribution is -2.11. The summed E-state index contributed by atoms with van der Waals surface area (Å²) in [6.07, 6.45) is 0. The highest BCUT2D eigenvalue weighted by Gasteiger charge is 2.22. The Bertz CT molecular complexity index is 3250. The SMILES string of the molecule is N#CC(C#N)=c1ccc(=C(C#N)C#N)cc1.N#CC(C#N)=c1ccc(=C(C#N)C#N)cc1.c1ccc2nc3c(nc2c1)Sc1cscc1S3.c1ccc2nc3c(nc2c1)Sc1cscc1S3. The fourth-order valence-corrected chi connectivity index (χ4v) is 12.1. The van der Waals surface area contributed by atoms with E-state index in [0.717, 1.165) is 42.2 Å². The summed E-state index contributed by atoms with van der Waals surface area (Å²) in [6, 6.07) is 42.4. The summed E-state index contributed by atoms with van der Waals surface area (Å²) < 4.78 is 0. The molecule has 4 aromatic carbocycles.